The monoisotopic (exact) mass is 288 g/mol. The van der Waals surface area contributed by atoms with E-state index >= 15 is 0 Å². The number of aromatic nitrogens is 2. The third kappa shape index (κ3) is 3.22. The van der Waals surface area contributed by atoms with Crippen LogP contribution in [0.5, 0.6) is 0 Å². The molecule has 1 aliphatic rings. The average molecular weight is 288 g/mol. The van der Waals surface area contributed by atoms with Crippen LogP contribution in [0.4, 0.5) is 0 Å². The second kappa shape index (κ2) is 5.83. The van der Waals surface area contributed by atoms with Gasteiger partial charge in [0.2, 0.25) is 5.91 Å². The molecule has 1 aliphatic heterocycles. The zero-order chi connectivity index (χ0) is 14.8. The number of aromatic amines is 1. The van der Waals surface area contributed by atoms with E-state index in [2.05, 4.69) is 15.3 Å². The van der Waals surface area contributed by atoms with E-state index in [1.807, 2.05) is 25.1 Å². The Balaban J connectivity index is 1.72. The number of imidazole rings is 1. The lowest BCUT2D eigenvalue weighted by Crippen LogP contribution is -2.38. The van der Waals surface area contributed by atoms with Crippen molar-refractivity contribution in [1.82, 2.24) is 20.2 Å². The molecule has 0 aliphatic carbocycles. The molecular formula is C15H20N4O2. The summed E-state index contributed by atoms with van der Waals surface area (Å²) < 4.78 is 0. The van der Waals surface area contributed by atoms with Crippen LogP contribution in [0.15, 0.2) is 18.2 Å². The molecule has 1 saturated heterocycles. The first-order chi connectivity index (χ1) is 10.1. The van der Waals surface area contributed by atoms with Gasteiger partial charge >= 0.3 is 0 Å². The molecule has 0 spiro atoms. The van der Waals surface area contributed by atoms with Crippen molar-refractivity contribution in [2.75, 3.05) is 26.2 Å². The van der Waals surface area contributed by atoms with Gasteiger partial charge in [-0.25, -0.2) is 4.98 Å². The van der Waals surface area contributed by atoms with Crippen LogP contribution < -0.4 is 5.32 Å². The van der Waals surface area contributed by atoms with Crippen molar-refractivity contribution in [3.05, 3.63) is 29.6 Å². The van der Waals surface area contributed by atoms with Gasteiger partial charge in [-0.15, -0.1) is 0 Å². The lowest BCUT2D eigenvalue weighted by atomic mass is 10.1. The molecule has 2 aromatic rings. The minimum atomic E-state index is -0.491. The molecule has 1 fully saturated rings. The molecule has 1 aromatic carbocycles. The van der Waals surface area contributed by atoms with Crippen LogP contribution in [0.3, 0.4) is 0 Å². The fourth-order valence-electron chi connectivity index (χ4n) is 2.70. The van der Waals surface area contributed by atoms with E-state index in [0.29, 0.717) is 26.1 Å². The third-order valence-electron chi connectivity index (χ3n) is 3.74. The molecule has 0 radical (unpaired) electrons. The van der Waals surface area contributed by atoms with Crippen LogP contribution in [-0.4, -0.2) is 58.2 Å². The number of nitrogens with zero attached hydrogens (tertiary/aromatic N) is 2. The number of nitrogens with one attached hydrogen (secondary N) is 2. The fraction of sp³-hybridized carbons (Fsp3) is 0.467. The van der Waals surface area contributed by atoms with Crippen molar-refractivity contribution < 1.29 is 9.90 Å². The maximum atomic E-state index is 12.4. The minimum absolute atomic E-state index is 0.0494. The van der Waals surface area contributed by atoms with E-state index in [9.17, 15) is 9.90 Å². The first-order valence-electron chi connectivity index (χ1n) is 7.23. The van der Waals surface area contributed by atoms with E-state index in [4.69, 9.17) is 0 Å². The Bertz CT molecular complexity index is 652. The molecule has 0 bridgehead atoms. The predicted molar refractivity (Wildman–Crippen MR) is 80.0 cm³/mol. The van der Waals surface area contributed by atoms with Crippen molar-refractivity contribution >= 4 is 16.9 Å². The zero-order valence-corrected chi connectivity index (χ0v) is 12.1. The SMILES string of the molecule is Cc1nc2ccc(CC(=O)N3CCNCC(O)C3)cc2[nH]1. The van der Waals surface area contributed by atoms with Crippen molar-refractivity contribution in [1.29, 1.82) is 0 Å². The highest BCUT2D eigenvalue weighted by molar-refractivity contribution is 5.82. The smallest absolute Gasteiger partial charge is 0.227 e. The van der Waals surface area contributed by atoms with Gasteiger partial charge in [0.25, 0.3) is 0 Å². The Labute approximate surface area is 123 Å². The van der Waals surface area contributed by atoms with Gasteiger partial charge in [0.05, 0.1) is 23.6 Å². The van der Waals surface area contributed by atoms with Crippen LogP contribution in [0.1, 0.15) is 11.4 Å². The van der Waals surface area contributed by atoms with Crippen molar-refractivity contribution in [3.63, 3.8) is 0 Å². The number of hydrogen-bond acceptors (Lipinski definition) is 4. The second-order valence-corrected chi connectivity index (χ2v) is 5.55. The number of rotatable bonds is 2. The van der Waals surface area contributed by atoms with Gasteiger partial charge in [0.1, 0.15) is 5.82 Å². The standard InChI is InChI=1S/C15H20N4O2/c1-10-17-13-3-2-11(6-14(13)18-10)7-15(21)19-5-4-16-8-12(20)9-19/h2-3,6,12,16,20H,4-5,7-9H2,1H3,(H,17,18). The summed E-state index contributed by atoms with van der Waals surface area (Å²) in [5.74, 6) is 0.920. The van der Waals surface area contributed by atoms with Gasteiger partial charge in [0.15, 0.2) is 0 Å². The van der Waals surface area contributed by atoms with Gasteiger partial charge in [-0.2, -0.15) is 0 Å². The lowest BCUT2D eigenvalue weighted by molar-refractivity contribution is -0.131. The van der Waals surface area contributed by atoms with Crippen molar-refractivity contribution in [2.45, 2.75) is 19.4 Å². The number of hydrogen-bond donors (Lipinski definition) is 3. The number of aliphatic hydroxyl groups excluding tert-OH is 1. The zero-order valence-electron chi connectivity index (χ0n) is 12.1. The number of aryl methyl sites for hydroxylation is 1. The number of amides is 1. The summed E-state index contributed by atoms with van der Waals surface area (Å²) >= 11 is 0. The highest BCUT2D eigenvalue weighted by Gasteiger charge is 2.20. The molecule has 0 saturated carbocycles. The van der Waals surface area contributed by atoms with Crippen LogP contribution in [0.2, 0.25) is 0 Å². The summed E-state index contributed by atoms with van der Waals surface area (Å²) in [5.41, 5.74) is 2.83. The first-order valence-corrected chi connectivity index (χ1v) is 7.23. The van der Waals surface area contributed by atoms with Gasteiger partial charge in [-0.1, -0.05) is 6.07 Å². The summed E-state index contributed by atoms with van der Waals surface area (Å²) in [6.07, 6.45) is -0.144. The topological polar surface area (TPSA) is 81.2 Å². The second-order valence-electron chi connectivity index (χ2n) is 5.55. The summed E-state index contributed by atoms with van der Waals surface area (Å²) in [6, 6.07) is 5.84. The molecular weight excluding hydrogens is 268 g/mol. The van der Waals surface area contributed by atoms with Crippen molar-refractivity contribution in [2.24, 2.45) is 0 Å². The fourth-order valence-corrected chi connectivity index (χ4v) is 2.70. The van der Waals surface area contributed by atoms with Crippen molar-refractivity contribution in [3.8, 4) is 0 Å². The Hall–Kier alpha value is -1.92. The number of fused-ring (bicyclic) bond motifs is 1. The van der Waals surface area contributed by atoms with E-state index in [1.165, 1.54) is 0 Å². The number of benzene rings is 1. The summed E-state index contributed by atoms with van der Waals surface area (Å²) in [5, 5.41) is 12.9. The normalized spacial score (nSPS) is 19.7. The Morgan fingerprint density at radius 3 is 3.24 bits per heavy atom. The number of aliphatic hydroxyl groups is 1. The van der Waals surface area contributed by atoms with Crippen LogP contribution in [0.25, 0.3) is 11.0 Å². The minimum Gasteiger partial charge on any atom is -0.390 e. The summed E-state index contributed by atoms with van der Waals surface area (Å²) in [6.45, 7) is 4.22. The Morgan fingerprint density at radius 2 is 2.38 bits per heavy atom. The Morgan fingerprint density at radius 1 is 1.52 bits per heavy atom. The third-order valence-corrected chi connectivity index (χ3v) is 3.74. The molecule has 1 amide bonds. The highest BCUT2D eigenvalue weighted by Crippen LogP contribution is 2.14. The molecule has 3 rings (SSSR count). The van der Waals surface area contributed by atoms with E-state index in [0.717, 1.165) is 29.0 Å². The van der Waals surface area contributed by atoms with Gasteiger partial charge < -0.3 is 20.3 Å². The summed E-state index contributed by atoms with van der Waals surface area (Å²) in [7, 11) is 0. The molecule has 112 valence electrons. The molecule has 1 atom stereocenters. The number of β-amino-alcohol motifs (C(OH)–C–C–N with tert-alkyl or cyclic N) is 1. The number of carbonyl (C=O) groups is 1. The number of H-pyrrole nitrogens is 1. The van der Waals surface area contributed by atoms with Gasteiger partial charge in [-0.05, 0) is 24.6 Å². The Kier molecular flexibility index (Phi) is 3.90. The highest BCUT2D eigenvalue weighted by atomic mass is 16.3. The van der Waals surface area contributed by atoms with Crippen LogP contribution in [-0.2, 0) is 11.2 Å². The van der Waals surface area contributed by atoms with E-state index < -0.39 is 6.10 Å². The first kappa shape index (κ1) is 14.0. The molecule has 6 nitrogen and oxygen atoms in total. The molecule has 1 unspecified atom stereocenters. The molecule has 3 N–H and O–H groups in total. The van der Waals surface area contributed by atoms with E-state index in [1.54, 1.807) is 4.90 Å². The molecule has 1 aromatic heterocycles. The maximum Gasteiger partial charge on any atom is 0.227 e. The summed E-state index contributed by atoms with van der Waals surface area (Å²) in [4.78, 5) is 21.6. The van der Waals surface area contributed by atoms with Crippen LogP contribution >= 0.6 is 0 Å². The van der Waals surface area contributed by atoms with Gasteiger partial charge in [0, 0.05) is 26.2 Å². The lowest BCUT2D eigenvalue weighted by Gasteiger charge is -2.21. The number of carbonyl (C=O) groups excluding carboxylic acids is 1. The quantitative estimate of drug-likeness (QED) is 0.738. The molecule has 6 heteroatoms. The molecule has 2 heterocycles. The molecule has 21 heavy (non-hydrogen) atoms. The largest absolute Gasteiger partial charge is 0.390 e. The van der Waals surface area contributed by atoms with Gasteiger partial charge in [-0.3, -0.25) is 4.79 Å². The van der Waals surface area contributed by atoms with E-state index in [-0.39, 0.29) is 5.91 Å². The average Bonchev–Trinajstić information content (AvgIpc) is 2.66. The predicted octanol–water partition coefficient (Wildman–Crippen LogP) is 0.207. The van der Waals surface area contributed by atoms with Crippen LogP contribution in [0, 0.1) is 6.92 Å². The maximum absolute atomic E-state index is 12.4.